The summed E-state index contributed by atoms with van der Waals surface area (Å²) in [6, 6.07) is 2.90. The van der Waals surface area contributed by atoms with Gasteiger partial charge in [-0.05, 0) is 12.2 Å². The molecule has 20 nitrogen and oxygen atoms in total. The van der Waals surface area contributed by atoms with E-state index >= 15 is 0 Å². The number of ether oxygens (including phenoxy) is 2. The van der Waals surface area contributed by atoms with Crippen LogP contribution in [-0.2, 0) is 32.0 Å². The van der Waals surface area contributed by atoms with Crippen molar-refractivity contribution in [2.75, 3.05) is 24.8 Å². The van der Waals surface area contributed by atoms with Crippen molar-refractivity contribution in [3.05, 3.63) is 42.7 Å². The maximum atomic E-state index is 12.6. The fraction of sp³-hybridized carbons (Fsp3) is 0.500. The second-order valence-electron chi connectivity index (χ2n) is 9.86. The van der Waals surface area contributed by atoms with Gasteiger partial charge in [0.2, 0.25) is 0 Å². The summed E-state index contributed by atoms with van der Waals surface area (Å²) in [4.78, 5) is 43.8. The number of aliphatic hydroxyl groups is 3. The van der Waals surface area contributed by atoms with Gasteiger partial charge in [0.25, 0.3) is 6.23 Å². The standard InChI is InChI=1S/C22H27ClN6O14P2/c23-4-11(30)10-2-1-3-28(5-10)21-17(33)15(31)12(41-21)6-39-44(35,36)43-45(37,38)40-7-13-16(32)18(34)22(42-13)29-9-27-14-19(24)25-8-26-20(14)29/h1-3,5,8-9,12-13,15-18,21-22,31-32,34H,4,6-7H2,(H,35,36)(H,37,38)(H2,24,25,26)/t12-,13-,15-,16-,17-,18-,21-,22-/m1/s1. The molecule has 10 atom stereocenters. The minimum Gasteiger partial charge on any atom is -0.843 e. The van der Waals surface area contributed by atoms with Crippen molar-refractivity contribution in [2.24, 2.45) is 0 Å². The lowest BCUT2D eigenvalue weighted by molar-refractivity contribution is -0.782. The predicted molar refractivity (Wildman–Crippen MR) is 144 cm³/mol. The van der Waals surface area contributed by atoms with Gasteiger partial charge < -0.3 is 45.4 Å². The molecule has 0 radical (unpaired) electrons. The van der Waals surface area contributed by atoms with E-state index in [0.29, 0.717) is 0 Å². The summed E-state index contributed by atoms with van der Waals surface area (Å²) in [7, 11) is -10.8. The molecule has 0 aliphatic carbocycles. The quantitative estimate of drug-likeness (QED) is 0.0501. The smallest absolute Gasteiger partial charge is 0.481 e. The number of phosphoric ester groups is 2. The fourth-order valence-corrected chi connectivity index (χ4v) is 6.90. The van der Waals surface area contributed by atoms with E-state index in [-0.39, 0.29) is 28.4 Å². The number of hydrogen-bond acceptors (Lipinski definition) is 16. The number of hydrogen-bond donors (Lipinski definition) is 6. The number of anilines is 1. The van der Waals surface area contributed by atoms with Crippen LogP contribution >= 0.6 is 27.2 Å². The number of pyridine rings is 1. The Morgan fingerprint density at radius 2 is 1.73 bits per heavy atom. The van der Waals surface area contributed by atoms with Gasteiger partial charge in [0.15, 0.2) is 35.9 Å². The second-order valence-corrected chi connectivity index (χ2v) is 13.2. The number of fused-ring (bicyclic) bond motifs is 1. The molecule has 7 N–H and O–H groups in total. The summed E-state index contributed by atoms with van der Waals surface area (Å²) in [6.45, 7) is -1.84. The average molecular weight is 697 g/mol. The van der Waals surface area contributed by atoms with Gasteiger partial charge in [-0.3, -0.25) is 18.4 Å². The van der Waals surface area contributed by atoms with Gasteiger partial charge in [-0.15, -0.1) is 11.6 Å². The lowest BCUT2D eigenvalue weighted by Crippen LogP contribution is -2.52. The Kier molecular flexibility index (Phi) is 10.0. The van der Waals surface area contributed by atoms with Gasteiger partial charge in [-0.25, -0.2) is 24.1 Å². The molecule has 2 aliphatic rings. The van der Waals surface area contributed by atoms with E-state index in [1.165, 1.54) is 40.0 Å². The largest absolute Gasteiger partial charge is 0.843 e. The Morgan fingerprint density at radius 3 is 2.40 bits per heavy atom. The Bertz CT molecular complexity index is 1650. The van der Waals surface area contributed by atoms with Gasteiger partial charge in [0.1, 0.15) is 36.3 Å². The van der Waals surface area contributed by atoms with Gasteiger partial charge >= 0.3 is 15.6 Å². The highest BCUT2D eigenvalue weighted by atomic mass is 35.5. The van der Waals surface area contributed by atoms with Crippen molar-refractivity contribution >= 4 is 50.0 Å². The van der Waals surface area contributed by atoms with E-state index in [1.54, 1.807) is 0 Å². The van der Waals surface area contributed by atoms with Gasteiger partial charge in [-0.2, -0.15) is 8.88 Å². The number of carbonyl (C=O) groups is 1. The van der Waals surface area contributed by atoms with Crippen molar-refractivity contribution in [3.63, 3.8) is 0 Å². The lowest BCUT2D eigenvalue weighted by Gasteiger charge is -2.22. The highest BCUT2D eigenvalue weighted by molar-refractivity contribution is 7.61. The van der Waals surface area contributed by atoms with Crippen molar-refractivity contribution in [1.29, 1.82) is 0 Å². The van der Waals surface area contributed by atoms with E-state index in [0.717, 1.165) is 6.33 Å². The van der Waals surface area contributed by atoms with E-state index in [9.17, 15) is 44.1 Å². The zero-order chi connectivity index (χ0) is 32.7. The minimum absolute atomic E-state index is 0.0480. The highest BCUT2D eigenvalue weighted by Gasteiger charge is 2.47. The molecule has 0 aromatic carbocycles. The van der Waals surface area contributed by atoms with Crippen LogP contribution in [0.5, 0.6) is 0 Å². The van der Waals surface area contributed by atoms with Crippen LogP contribution in [0.2, 0.25) is 0 Å². The lowest BCUT2D eigenvalue weighted by atomic mass is 10.1. The van der Waals surface area contributed by atoms with E-state index < -0.39 is 83.7 Å². The third-order valence-corrected chi connectivity index (χ3v) is 9.73. The van der Waals surface area contributed by atoms with Gasteiger partial charge in [0, 0.05) is 6.07 Å². The number of aliphatic hydroxyl groups excluding tert-OH is 3. The summed E-state index contributed by atoms with van der Waals surface area (Å²) in [5.41, 5.74) is 6.27. The van der Waals surface area contributed by atoms with E-state index in [2.05, 4.69) is 23.8 Å². The van der Waals surface area contributed by atoms with Crippen molar-refractivity contribution < 1.29 is 71.5 Å². The number of nitrogens with zero attached hydrogens (tertiary/aromatic N) is 5. The first-order chi connectivity index (χ1) is 21.2. The zero-order valence-corrected chi connectivity index (χ0v) is 25.2. The molecule has 0 bridgehead atoms. The molecule has 23 heteroatoms. The van der Waals surface area contributed by atoms with E-state index in [1.807, 2.05) is 0 Å². The molecule has 246 valence electrons. The van der Waals surface area contributed by atoms with Gasteiger partial charge in [0.05, 0.1) is 37.1 Å². The fourth-order valence-electron chi connectivity index (χ4n) is 4.65. The number of nitrogens with two attached hydrogens (primary N) is 1. The Morgan fingerprint density at radius 1 is 1.07 bits per heavy atom. The third-order valence-electron chi connectivity index (χ3n) is 6.88. The molecule has 2 aliphatic heterocycles. The topological polar surface area (TPSA) is 295 Å². The van der Waals surface area contributed by atoms with Crippen LogP contribution < -0.4 is 15.4 Å². The van der Waals surface area contributed by atoms with Crippen LogP contribution in [-0.4, -0.2) is 106 Å². The molecular weight excluding hydrogens is 670 g/mol. The van der Waals surface area contributed by atoms with Crippen LogP contribution in [0.15, 0.2) is 37.2 Å². The van der Waals surface area contributed by atoms with Crippen LogP contribution in [0, 0.1) is 0 Å². The van der Waals surface area contributed by atoms with E-state index in [4.69, 9.17) is 31.3 Å². The predicted octanol–water partition coefficient (Wildman–Crippen LogP) is -2.33. The Balaban J connectivity index is 1.16. The molecule has 45 heavy (non-hydrogen) atoms. The van der Waals surface area contributed by atoms with Crippen LogP contribution in [0.3, 0.4) is 0 Å². The molecule has 2 fully saturated rings. The SMILES string of the molecule is Nc1ncnc2c1ncn2[C@@H]1O[C@H](COP(=O)(O)OP(=O)(O)OC[C@H]2O[C@@H]([n+]3cccc(C(=O)CCl)c3)[C@H]([O-])[C@@H]2O)[C@@H](O)[C@H]1O. The first kappa shape index (κ1) is 33.8. The maximum Gasteiger partial charge on any atom is 0.481 e. The summed E-state index contributed by atoms with van der Waals surface area (Å²) < 4.78 is 52.0. The zero-order valence-electron chi connectivity index (χ0n) is 22.7. The number of carbonyl (C=O) groups excluding carboxylic acids is 1. The number of aromatic nitrogens is 5. The number of phosphoric acid groups is 2. The number of Topliss-reactive ketones (excluding diaryl/α,β-unsaturated/α-hetero) is 1. The summed E-state index contributed by atoms with van der Waals surface area (Å²) in [5.74, 6) is -0.698. The van der Waals surface area contributed by atoms with Crippen LogP contribution in [0.1, 0.15) is 22.8 Å². The normalized spacial score (nSPS) is 31.2. The highest BCUT2D eigenvalue weighted by Crippen LogP contribution is 2.60. The monoisotopic (exact) mass is 696 g/mol. The maximum absolute atomic E-state index is 12.6. The molecule has 3 aromatic heterocycles. The number of ketones is 1. The average Bonchev–Trinajstić information content (AvgIpc) is 3.64. The van der Waals surface area contributed by atoms with Gasteiger partial charge in [-0.1, -0.05) is 0 Å². The molecular formula is C22H27ClN6O14P2. The van der Waals surface area contributed by atoms with Crippen LogP contribution in [0.4, 0.5) is 5.82 Å². The molecule has 5 rings (SSSR count). The summed E-state index contributed by atoms with van der Waals surface area (Å²) >= 11 is 5.56. The first-order valence-electron chi connectivity index (χ1n) is 12.9. The third kappa shape index (κ3) is 7.24. The second kappa shape index (κ2) is 13.3. The summed E-state index contributed by atoms with van der Waals surface area (Å²) in [5, 5.41) is 43.9. The van der Waals surface area contributed by atoms with Crippen molar-refractivity contribution in [1.82, 2.24) is 19.5 Å². The van der Waals surface area contributed by atoms with Crippen molar-refractivity contribution in [2.45, 2.75) is 49.1 Å². The molecule has 3 aromatic rings. The Hall–Kier alpha value is -2.52. The molecule has 0 saturated carbocycles. The Labute approximate surface area is 257 Å². The number of imidazole rings is 1. The number of alkyl halides is 1. The molecule has 0 amide bonds. The molecule has 5 heterocycles. The minimum atomic E-state index is -5.39. The number of halogens is 1. The molecule has 2 unspecified atom stereocenters. The molecule has 0 spiro atoms. The van der Waals surface area contributed by atoms with Crippen LogP contribution in [0.25, 0.3) is 11.2 Å². The number of rotatable bonds is 12. The summed E-state index contributed by atoms with van der Waals surface area (Å²) in [6.07, 6.45) is -7.36. The molecule has 2 saturated heterocycles. The first-order valence-corrected chi connectivity index (χ1v) is 16.4. The van der Waals surface area contributed by atoms with Crippen molar-refractivity contribution in [3.8, 4) is 0 Å². The number of nitrogen functional groups attached to an aromatic ring is 1.